The van der Waals surface area contributed by atoms with Crippen LogP contribution in [0.15, 0.2) is 18.2 Å². The van der Waals surface area contributed by atoms with Gasteiger partial charge in [0.2, 0.25) is 5.92 Å². The number of halogens is 3. The standard InChI is InChI=1S/C15H21F3N2O/c1-21-13-4-2-3-11(14(13)16)9-12(20-19)10-5-7-15(17,18)8-6-10/h2-4,10,12,20H,5-9,19H2,1H3. The van der Waals surface area contributed by atoms with Crippen molar-refractivity contribution in [3.63, 3.8) is 0 Å². The van der Waals surface area contributed by atoms with Gasteiger partial charge in [-0.05, 0) is 36.8 Å². The highest BCUT2D eigenvalue weighted by Crippen LogP contribution is 2.38. The van der Waals surface area contributed by atoms with Crippen molar-refractivity contribution in [2.75, 3.05) is 7.11 Å². The summed E-state index contributed by atoms with van der Waals surface area (Å²) in [6.45, 7) is 0. The lowest BCUT2D eigenvalue weighted by atomic mass is 9.80. The molecule has 21 heavy (non-hydrogen) atoms. The Bertz CT molecular complexity index is 472. The molecule has 0 heterocycles. The minimum atomic E-state index is -2.57. The van der Waals surface area contributed by atoms with Crippen molar-refractivity contribution in [1.82, 2.24) is 5.43 Å². The van der Waals surface area contributed by atoms with Gasteiger partial charge in [0, 0.05) is 18.9 Å². The summed E-state index contributed by atoms with van der Waals surface area (Å²) < 4.78 is 45.5. The Hall–Kier alpha value is -1.27. The zero-order valence-electron chi connectivity index (χ0n) is 12.0. The Balaban J connectivity index is 2.06. The molecule has 0 aromatic heterocycles. The van der Waals surface area contributed by atoms with E-state index in [0.717, 1.165) is 0 Å². The Morgan fingerprint density at radius 2 is 2.05 bits per heavy atom. The van der Waals surface area contributed by atoms with Gasteiger partial charge in [0.05, 0.1) is 7.11 Å². The minimum Gasteiger partial charge on any atom is -0.494 e. The number of methoxy groups -OCH3 is 1. The van der Waals surface area contributed by atoms with Gasteiger partial charge in [-0.2, -0.15) is 0 Å². The first-order valence-corrected chi connectivity index (χ1v) is 7.12. The van der Waals surface area contributed by atoms with Gasteiger partial charge >= 0.3 is 0 Å². The SMILES string of the molecule is COc1cccc(CC(NN)C2CCC(F)(F)CC2)c1F. The summed E-state index contributed by atoms with van der Waals surface area (Å²) in [7, 11) is 1.41. The van der Waals surface area contributed by atoms with E-state index in [2.05, 4.69) is 5.43 Å². The maximum Gasteiger partial charge on any atom is 0.248 e. The molecule has 1 aromatic rings. The molecule has 1 aromatic carbocycles. The topological polar surface area (TPSA) is 47.3 Å². The number of hydrogen-bond donors (Lipinski definition) is 2. The maximum atomic E-state index is 14.1. The van der Waals surface area contributed by atoms with E-state index in [1.165, 1.54) is 7.11 Å². The maximum absolute atomic E-state index is 14.1. The number of nitrogens with one attached hydrogen (secondary N) is 1. The lowest BCUT2D eigenvalue weighted by molar-refractivity contribution is -0.0495. The van der Waals surface area contributed by atoms with E-state index < -0.39 is 11.7 Å². The van der Waals surface area contributed by atoms with Gasteiger partial charge < -0.3 is 4.74 Å². The third kappa shape index (κ3) is 3.89. The highest BCUT2D eigenvalue weighted by molar-refractivity contribution is 5.31. The highest BCUT2D eigenvalue weighted by Gasteiger charge is 2.37. The molecule has 1 aliphatic rings. The van der Waals surface area contributed by atoms with Crippen molar-refractivity contribution < 1.29 is 17.9 Å². The van der Waals surface area contributed by atoms with Gasteiger partial charge in [-0.25, -0.2) is 13.2 Å². The number of ether oxygens (including phenoxy) is 1. The molecule has 2 rings (SSSR count). The van der Waals surface area contributed by atoms with Crippen molar-refractivity contribution >= 4 is 0 Å². The molecule has 1 unspecified atom stereocenters. The Morgan fingerprint density at radius 3 is 2.62 bits per heavy atom. The molecule has 0 saturated heterocycles. The Labute approximate surface area is 122 Å². The van der Waals surface area contributed by atoms with Crippen molar-refractivity contribution in [2.24, 2.45) is 11.8 Å². The third-order valence-corrected chi connectivity index (χ3v) is 4.25. The van der Waals surface area contributed by atoms with Crippen LogP contribution in [0.1, 0.15) is 31.2 Å². The summed E-state index contributed by atoms with van der Waals surface area (Å²) in [6.07, 6.45) is 0.892. The third-order valence-electron chi connectivity index (χ3n) is 4.25. The average molecular weight is 302 g/mol. The fourth-order valence-electron chi connectivity index (χ4n) is 2.93. The summed E-state index contributed by atoms with van der Waals surface area (Å²) in [5, 5.41) is 0. The molecule has 0 spiro atoms. The van der Waals surface area contributed by atoms with Crippen LogP contribution in [0.3, 0.4) is 0 Å². The van der Waals surface area contributed by atoms with Crippen LogP contribution < -0.4 is 16.0 Å². The van der Waals surface area contributed by atoms with Crippen LogP contribution in [0.25, 0.3) is 0 Å². The lowest BCUT2D eigenvalue weighted by Crippen LogP contribution is -2.45. The summed E-state index contributed by atoms with van der Waals surface area (Å²) in [6, 6.07) is 4.70. The van der Waals surface area contributed by atoms with Crippen molar-refractivity contribution in [3.05, 3.63) is 29.6 Å². The molecule has 1 atom stereocenters. The molecule has 0 radical (unpaired) electrons. The highest BCUT2D eigenvalue weighted by atomic mass is 19.3. The number of nitrogens with two attached hydrogens (primary N) is 1. The predicted molar refractivity (Wildman–Crippen MR) is 74.7 cm³/mol. The number of alkyl halides is 2. The Kier molecular flexibility index (Phi) is 5.11. The second-order valence-electron chi connectivity index (χ2n) is 5.60. The first-order valence-electron chi connectivity index (χ1n) is 7.12. The van der Waals surface area contributed by atoms with Crippen LogP contribution in [0.2, 0.25) is 0 Å². The molecule has 6 heteroatoms. The summed E-state index contributed by atoms with van der Waals surface area (Å²) >= 11 is 0. The number of hydrogen-bond acceptors (Lipinski definition) is 3. The van der Waals surface area contributed by atoms with Crippen LogP contribution in [0, 0.1) is 11.7 Å². The minimum absolute atomic E-state index is 0.0280. The first-order chi connectivity index (χ1) is 9.96. The first kappa shape index (κ1) is 16.1. The zero-order valence-corrected chi connectivity index (χ0v) is 12.0. The normalized spacial score (nSPS) is 20.2. The van der Waals surface area contributed by atoms with Gasteiger partial charge in [0.1, 0.15) is 0 Å². The van der Waals surface area contributed by atoms with Gasteiger partial charge in [-0.1, -0.05) is 12.1 Å². The van der Waals surface area contributed by atoms with Gasteiger partial charge in [-0.15, -0.1) is 0 Å². The molecule has 118 valence electrons. The monoisotopic (exact) mass is 302 g/mol. The number of rotatable bonds is 5. The second-order valence-corrected chi connectivity index (χ2v) is 5.60. The van der Waals surface area contributed by atoms with Crippen LogP contribution in [-0.4, -0.2) is 19.1 Å². The van der Waals surface area contributed by atoms with E-state index in [1.54, 1.807) is 18.2 Å². The summed E-state index contributed by atoms with van der Waals surface area (Å²) in [4.78, 5) is 0. The van der Waals surface area contributed by atoms with Crippen LogP contribution in [-0.2, 0) is 6.42 Å². The van der Waals surface area contributed by atoms with Gasteiger partial charge in [0.25, 0.3) is 0 Å². The van der Waals surface area contributed by atoms with E-state index >= 15 is 0 Å². The van der Waals surface area contributed by atoms with E-state index in [-0.39, 0.29) is 30.6 Å². The second kappa shape index (κ2) is 6.66. The molecule has 1 aliphatic carbocycles. The Morgan fingerprint density at radius 1 is 1.38 bits per heavy atom. The zero-order chi connectivity index (χ0) is 15.5. The fraction of sp³-hybridized carbons (Fsp3) is 0.600. The molecular formula is C15H21F3N2O. The molecule has 0 bridgehead atoms. The van der Waals surface area contributed by atoms with E-state index in [0.29, 0.717) is 24.8 Å². The lowest BCUT2D eigenvalue weighted by Gasteiger charge is -2.33. The van der Waals surface area contributed by atoms with Crippen molar-refractivity contribution in [2.45, 2.75) is 44.1 Å². The largest absolute Gasteiger partial charge is 0.494 e. The molecule has 3 N–H and O–H groups in total. The number of benzene rings is 1. The van der Waals surface area contributed by atoms with Gasteiger partial charge in [-0.3, -0.25) is 11.3 Å². The van der Waals surface area contributed by atoms with Crippen LogP contribution in [0.4, 0.5) is 13.2 Å². The molecule has 1 fully saturated rings. The smallest absolute Gasteiger partial charge is 0.248 e. The van der Waals surface area contributed by atoms with E-state index in [9.17, 15) is 13.2 Å². The molecular weight excluding hydrogens is 281 g/mol. The molecule has 1 saturated carbocycles. The summed E-state index contributed by atoms with van der Waals surface area (Å²) in [5.41, 5.74) is 3.14. The average Bonchev–Trinajstić information content (AvgIpc) is 2.47. The molecule has 0 aliphatic heterocycles. The predicted octanol–water partition coefficient (Wildman–Crippen LogP) is 3.03. The summed E-state index contributed by atoms with van der Waals surface area (Å²) in [5.74, 6) is 2.77. The van der Waals surface area contributed by atoms with Crippen LogP contribution in [0.5, 0.6) is 5.75 Å². The quantitative estimate of drug-likeness (QED) is 0.649. The fourth-order valence-corrected chi connectivity index (χ4v) is 2.93. The van der Waals surface area contributed by atoms with Gasteiger partial charge in [0.15, 0.2) is 11.6 Å². The van der Waals surface area contributed by atoms with E-state index in [4.69, 9.17) is 10.6 Å². The van der Waals surface area contributed by atoms with Crippen molar-refractivity contribution in [1.29, 1.82) is 0 Å². The molecule has 3 nitrogen and oxygen atoms in total. The molecule has 0 amide bonds. The van der Waals surface area contributed by atoms with Crippen LogP contribution >= 0.6 is 0 Å². The van der Waals surface area contributed by atoms with E-state index in [1.807, 2.05) is 0 Å². The van der Waals surface area contributed by atoms with Crippen molar-refractivity contribution in [3.8, 4) is 5.75 Å². The number of hydrazine groups is 1.